The van der Waals surface area contributed by atoms with E-state index in [-0.39, 0.29) is 0 Å². The first-order valence-corrected chi connectivity index (χ1v) is 20.0. The summed E-state index contributed by atoms with van der Waals surface area (Å²) in [5, 5.41) is 7.06. The molecule has 9 aromatic carbocycles. The molecule has 0 fully saturated rings. The molecule has 0 aliphatic rings. The molecule has 11 aromatic rings. The topological polar surface area (TPSA) is 38.7 Å². The first-order valence-electron chi connectivity index (χ1n) is 19.2. The summed E-state index contributed by atoms with van der Waals surface area (Å²) in [4.78, 5) is 16.1. The quantitative estimate of drug-likeness (QED) is 0.170. The molecule has 2 aromatic heterocycles. The first kappa shape index (κ1) is 33.1. The highest BCUT2D eigenvalue weighted by Gasteiger charge is 2.21. The van der Waals surface area contributed by atoms with Gasteiger partial charge in [-0.3, -0.25) is 0 Å². The standard InChI is InChI=1S/C53H33N3S/c1-2-12-34(13-3-1)35-24-26-36(27-25-35)37-28-30-40(31-29-37)51-54-52(47-22-11-21-46-44-19-8-9-23-48(44)57-50(46)47)56-53(55-51)49-42-18-7-5-15-39(42)32-33-45(49)43-20-10-16-38-14-4-6-17-41(38)43/h1-33H. The van der Waals surface area contributed by atoms with Crippen LogP contribution in [0.25, 0.3) is 109 Å². The minimum atomic E-state index is 0.635. The number of benzene rings is 9. The molecule has 2 heterocycles. The van der Waals surface area contributed by atoms with Crippen molar-refractivity contribution in [2.45, 2.75) is 0 Å². The summed E-state index contributed by atoms with van der Waals surface area (Å²) < 4.78 is 2.41. The minimum Gasteiger partial charge on any atom is -0.208 e. The molecule has 0 spiro atoms. The molecular formula is C53H33N3S. The van der Waals surface area contributed by atoms with Gasteiger partial charge in [0.25, 0.3) is 0 Å². The second kappa shape index (κ2) is 13.8. The third-order valence-electron chi connectivity index (χ3n) is 11.0. The van der Waals surface area contributed by atoms with Gasteiger partial charge in [-0.25, -0.2) is 15.0 Å². The molecular weight excluding hydrogens is 711 g/mol. The maximum Gasteiger partial charge on any atom is 0.165 e. The highest BCUT2D eigenvalue weighted by molar-refractivity contribution is 7.26. The lowest BCUT2D eigenvalue weighted by atomic mass is 9.90. The Morgan fingerprint density at radius 3 is 1.54 bits per heavy atom. The molecule has 3 nitrogen and oxygen atoms in total. The van der Waals surface area contributed by atoms with Crippen LogP contribution in [0.4, 0.5) is 0 Å². The molecule has 0 unspecified atom stereocenters. The van der Waals surface area contributed by atoms with Crippen LogP contribution in [0.1, 0.15) is 0 Å². The summed E-state index contributed by atoms with van der Waals surface area (Å²) in [7, 11) is 0. The van der Waals surface area contributed by atoms with Gasteiger partial charge in [0.1, 0.15) is 0 Å². The fourth-order valence-corrected chi connectivity index (χ4v) is 9.37. The number of thiophene rings is 1. The predicted octanol–water partition coefficient (Wildman–Crippen LogP) is 14.5. The fourth-order valence-electron chi connectivity index (χ4n) is 8.16. The summed E-state index contributed by atoms with van der Waals surface area (Å²) in [5.41, 5.74) is 9.86. The zero-order valence-corrected chi connectivity index (χ0v) is 31.6. The van der Waals surface area contributed by atoms with E-state index in [1.807, 2.05) is 6.07 Å². The second-order valence-corrected chi connectivity index (χ2v) is 15.4. The van der Waals surface area contributed by atoms with Gasteiger partial charge in [-0.2, -0.15) is 0 Å². The SMILES string of the molecule is c1ccc(-c2ccc(-c3ccc(-c4nc(-c5c(-c6cccc7ccccc67)ccc6ccccc56)nc(-c5cccc6c5sc5ccccc56)n4)cc3)cc2)cc1. The third-order valence-corrected chi connectivity index (χ3v) is 12.2. The van der Waals surface area contributed by atoms with Crippen LogP contribution in [0.3, 0.4) is 0 Å². The molecule has 0 saturated carbocycles. The largest absolute Gasteiger partial charge is 0.208 e. The maximum atomic E-state index is 5.42. The third kappa shape index (κ3) is 5.86. The van der Waals surface area contributed by atoms with Gasteiger partial charge in [-0.05, 0) is 67.1 Å². The van der Waals surface area contributed by atoms with Crippen molar-refractivity contribution in [1.29, 1.82) is 0 Å². The average Bonchev–Trinajstić information content (AvgIpc) is 3.68. The van der Waals surface area contributed by atoms with Gasteiger partial charge >= 0.3 is 0 Å². The number of aromatic nitrogens is 3. The van der Waals surface area contributed by atoms with Crippen LogP contribution in [0.5, 0.6) is 0 Å². The smallest absolute Gasteiger partial charge is 0.165 e. The molecule has 0 aliphatic carbocycles. The lowest BCUT2D eigenvalue weighted by molar-refractivity contribution is 1.08. The molecule has 0 bridgehead atoms. The predicted molar refractivity (Wildman–Crippen MR) is 240 cm³/mol. The van der Waals surface area contributed by atoms with E-state index < -0.39 is 0 Å². The van der Waals surface area contributed by atoms with Crippen LogP contribution in [-0.2, 0) is 0 Å². The molecule has 11 rings (SSSR count). The lowest BCUT2D eigenvalue weighted by Gasteiger charge is -2.16. The molecule has 0 aliphatic heterocycles. The van der Waals surface area contributed by atoms with Crippen LogP contribution in [-0.4, -0.2) is 15.0 Å². The van der Waals surface area contributed by atoms with Gasteiger partial charge in [-0.15, -0.1) is 11.3 Å². The number of hydrogen-bond acceptors (Lipinski definition) is 4. The molecule has 0 amide bonds. The Labute approximate surface area is 334 Å². The maximum absolute atomic E-state index is 5.42. The van der Waals surface area contributed by atoms with Gasteiger partial charge < -0.3 is 0 Å². The number of hydrogen-bond donors (Lipinski definition) is 0. The number of rotatable bonds is 6. The fraction of sp³-hybridized carbons (Fsp3) is 0. The van der Waals surface area contributed by atoms with Gasteiger partial charge in [0, 0.05) is 36.9 Å². The van der Waals surface area contributed by atoms with Crippen molar-refractivity contribution >= 4 is 53.1 Å². The Bertz CT molecular complexity index is 3270. The molecule has 0 saturated heterocycles. The molecule has 4 heteroatoms. The summed E-state index contributed by atoms with van der Waals surface area (Å²) >= 11 is 1.79. The minimum absolute atomic E-state index is 0.635. The van der Waals surface area contributed by atoms with Crippen LogP contribution < -0.4 is 0 Å². The van der Waals surface area contributed by atoms with E-state index in [1.165, 1.54) is 42.1 Å². The Morgan fingerprint density at radius 2 is 0.789 bits per heavy atom. The van der Waals surface area contributed by atoms with E-state index in [4.69, 9.17) is 15.0 Å². The van der Waals surface area contributed by atoms with Gasteiger partial charge in [0.15, 0.2) is 17.5 Å². The van der Waals surface area contributed by atoms with E-state index in [9.17, 15) is 0 Å². The molecule has 0 radical (unpaired) electrons. The summed E-state index contributed by atoms with van der Waals surface area (Å²) in [6.45, 7) is 0. The molecule has 57 heavy (non-hydrogen) atoms. The number of nitrogens with zero attached hydrogens (tertiary/aromatic N) is 3. The zero-order valence-electron chi connectivity index (χ0n) is 30.8. The van der Waals surface area contributed by atoms with Crippen LogP contribution in [0.15, 0.2) is 200 Å². The van der Waals surface area contributed by atoms with Crippen molar-refractivity contribution in [1.82, 2.24) is 15.0 Å². The second-order valence-electron chi connectivity index (χ2n) is 14.3. The average molecular weight is 744 g/mol. The normalized spacial score (nSPS) is 11.5. The Kier molecular flexibility index (Phi) is 8.01. The van der Waals surface area contributed by atoms with Crippen molar-refractivity contribution in [3.63, 3.8) is 0 Å². The highest BCUT2D eigenvalue weighted by Crippen LogP contribution is 2.43. The van der Waals surface area contributed by atoms with Crippen molar-refractivity contribution in [2.75, 3.05) is 0 Å². The molecule has 0 N–H and O–H groups in total. The van der Waals surface area contributed by atoms with E-state index in [0.717, 1.165) is 49.7 Å². The van der Waals surface area contributed by atoms with Crippen molar-refractivity contribution in [3.8, 4) is 67.5 Å². The number of fused-ring (bicyclic) bond motifs is 5. The lowest BCUT2D eigenvalue weighted by Crippen LogP contribution is -2.02. The van der Waals surface area contributed by atoms with E-state index in [1.54, 1.807) is 11.3 Å². The first-order chi connectivity index (χ1) is 28.2. The van der Waals surface area contributed by atoms with Crippen LogP contribution >= 0.6 is 11.3 Å². The Hall–Kier alpha value is -7.27. The Morgan fingerprint density at radius 1 is 0.281 bits per heavy atom. The summed E-state index contributed by atoms with van der Waals surface area (Å²) in [6, 6.07) is 71.0. The van der Waals surface area contributed by atoms with Crippen molar-refractivity contribution in [3.05, 3.63) is 200 Å². The van der Waals surface area contributed by atoms with Crippen molar-refractivity contribution in [2.24, 2.45) is 0 Å². The van der Waals surface area contributed by atoms with E-state index in [0.29, 0.717) is 17.5 Å². The van der Waals surface area contributed by atoms with E-state index in [2.05, 4.69) is 194 Å². The van der Waals surface area contributed by atoms with Crippen molar-refractivity contribution < 1.29 is 0 Å². The monoisotopic (exact) mass is 743 g/mol. The zero-order chi connectivity index (χ0) is 37.7. The van der Waals surface area contributed by atoms with Gasteiger partial charge in [0.2, 0.25) is 0 Å². The summed E-state index contributed by atoms with van der Waals surface area (Å²) in [5.74, 6) is 1.94. The highest BCUT2D eigenvalue weighted by atomic mass is 32.1. The molecule has 266 valence electrons. The Balaban J connectivity index is 1.12. The van der Waals surface area contributed by atoms with Crippen LogP contribution in [0.2, 0.25) is 0 Å². The molecule has 0 atom stereocenters. The van der Waals surface area contributed by atoms with Crippen LogP contribution in [0, 0.1) is 0 Å². The summed E-state index contributed by atoms with van der Waals surface area (Å²) in [6.07, 6.45) is 0. The van der Waals surface area contributed by atoms with E-state index >= 15 is 0 Å². The van der Waals surface area contributed by atoms with Gasteiger partial charge in [0.05, 0.1) is 0 Å². The van der Waals surface area contributed by atoms with Gasteiger partial charge in [-0.1, -0.05) is 188 Å².